The predicted molar refractivity (Wildman–Crippen MR) is 86.9 cm³/mol. The van der Waals surface area contributed by atoms with Crippen LogP contribution in [0.2, 0.25) is 5.02 Å². The van der Waals surface area contributed by atoms with Crippen LogP contribution in [0.5, 0.6) is 0 Å². The van der Waals surface area contributed by atoms with Crippen LogP contribution in [-0.4, -0.2) is 27.3 Å². The first-order valence-electron chi connectivity index (χ1n) is 6.77. The van der Waals surface area contributed by atoms with Gasteiger partial charge in [-0.15, -0.1) is 6.58 Å². The molecule has 1 aliphatic carbocycles. The van der Waals surface area contributed by atoms with E-state index in [1.54, 1.807) is 12.3 Å². The van der Waals surface area contributed by atoms with Gasteiger partial charge >= 0.3 is 0 Å². The van der Waals surface area contributed by atoms with Crippen molar-refractivity contribution in [3.05, 3.63) is 34.2 Å². The van der Waals surface area contributed by atoms with Crippen molar-refractivity contribution in [3.8, 4) is 0 Å². The normalized spacial score (nSPS) is 17.1. The van der Waals surface area contributed by atoms with Crippen molar-refractivity contribution in [2.45, 2.75) is 37.0 Å². The maximum Gasteiger partial charge on any atom is 0.287 e. The third-order valence-corrected chi connectivity index (χ3v) is 5.62. The maximum atomic E-state index is 12.0. The number of aromatic nitrogens is 2. The molecule has 20 heavy (non-hydrogen) atoms. The van der Waals surface area contributed by atoms with Crippen LogP contribution in [0.25, 0.3) is 0 Å². The smallest absolute Gasteiger partial charge is 0.287 e. The molecule has 1 aliphatic rings. The molecule has 1 heterocycles. The van der Waals surface area contributed by atoms with Crippen LogP contribution in [0.1, 0.15) is 25.7 Å². The molecule has 0 radical (unpaired) electrons. The van der Waals surface area contributed by atoms with Gasteiger partial charge in [0.15, 0.2) is 0 Å². The first-order chi connectivity index (χ1) is 9.62. The van der Waals surface area contributed by atoms with Gasteiger partial charge in [-0.25, -0.2) is 4.68 Å². The van der Waals surface area contributed by atoms with E-state index in [-0.39, 0.29) is 15.3 Å². The van der Waals surface area contributed by atoms with E-state index in [1.165, 1.54) is 30.4 Å². The van der Waals surface area contributed by atoms with Crippen molar-refractivity contribution in [3.63, 3.8) is 0 Å². The lowest BCUT2D eigenvalue weighted by molar-refractivity contribution is 0.633. The molecule has 4 nitrogen and oxygen atoms in total. The van der Waals surface area contributed by atoms with Crippen molar-refractivity contribution in [2.75, 3.05) is 18.1 Å². The number of nitrogens with zero attached hydrogens (tertiary/aromatic N) is 2. The third-order valence-electron chi connectivity index (χ3n) is 3.84. The van der Waals surface area contributed by atoms with E-state index >= 15 is 0 Å². The van der Waals surface area contributed by atoms with Gasteiger partial charge in [0.1, 0.15) is 5.02 Å². The second-order valence-corrected chi connectivity index (χ2v) is 6.75. The highest BCUT2D eigenvalue weighted by atomic mass is 35.5. The Morgan fingerprint density at radius 2 is 2.30 bits per heavy atom. The van der Waals surface area contributed by atoms with Crippen LogP contribution in [0, 0.1) is 0 Å². The highest BCUT2D eigenvalue weighted by molar-refractivity contribution is 8.00. The second kappa shape index (κ2) is 6.68. The minimum absolute atomic E-state index is 0.205. The van der Waals surface area contributed by atoms with Crippen LogP contribution in [-0.2, 0) is 6.54 Å². The number of anilines is 1. The maximum absolute atomic E-state index is 12.0. The Kier molecular flexibility index (Phi) is 5.16. The molecule has 0 spiro atoms. The Labute approximate surface area is 128 Å². The average molecular weight is 314 g/mol. The molecule has 0 amide bonds. The molecule has 0 aliphatic heterocycles. The van der Waals surface area contributed by atoms with Crippen molar-refractivity contribution in [1.29, 1.82) is 0 Å². The molecule has 1 N–H and O–H groups in total. The minimum atomic E-state index is -0.277. The van der Waals surface area contributed by atoms with Crippen molar-refractivity contribution >= 4 is 29.1 Å². The molecule has 2 rings (SSSR count). The molecule has 1 fully saturated rings. The molecule has 0 bridgehead atoms. The molecule has 0 saturated heterocycles. The fourth-order valence-electron chi connectivity index (χ4n) is 2.57. The number of allylic oxidation sites excluding steroid dienone is 1. The summed E-state index contributed by atoms with van der Waals surface area (Å²) in [5.74, 6) is 0. The summed E-state index contributed by atoms with van der Waals surface area (Å²) >= 11 is 8.03. The van der Waals surface area contributed by atoms with Crippen LogP contribution in [0.3, 0.4) is 0 Å². The van der Waals surface area contributed by atoms with E-state index < -0.39 is 0 Å². The van der Waals surface area contributed by atoms with E-state index in [0.29, 0.717) is 12.2 Å². The summed E-state index contributed by atoms with van der Waals surface area (Å²) in [6.45, 7) is 4.79. The Balaban J connectivity index is 2.12. The van der Waals surface area contributed by atoms with Gasteiger partial charge in [0, 0.05) is 11.3 Å². The van der Waals surface area contributed by atoms with Crippen molar-refractivity contribution in [2.24, 2.45) is 0 Å². The van der Waals surface area contributed by atoms with Crippen molar-refractivity contribution < 1.29 is 0 Å². The largest absolute Gasteiger partial charge is 0.381 e. The number of hydrogen-bond acceptors (Lipinski definition) is 4. The first-order valence-corrected chi connectivity index (χ1v) is 8.38. The highest BCUT2D eigenvalue weighted by Gasteiger charge is 2.32. The Morgan fingerprint density at radius 3 is 2.90 bits per heavy atom. The quantitative estimate of drug-likeness (QED) is 0.819. The third kappa shape index (κ3) is 3.20. The van der Waals surface area contributed by atoms with Gasteiger partial charge in [0.2, 0.25) is 0 Å². The fraction of sp³-hybridized carbons (Fsp3) is 0.571. The van der Waals surface area contributed by atoms with E-state index in [2.05, 4.69) is 23.3 Å². The number of nitrogens with one attached hydrogen (secondary N) is 1. The Bertz CT molecular complexity index is 538. The average Bonchev–Trinajstić information content (AvgIpc) is 2.93. The van der Waals surface area contributed by atoms with Gasteiger partial charge < -0.3 is 5.32 Å². The zero-order chi connectivity index (χ0) is 14.6. The van der Waals surface area contributed by atoms with Gasteiger partial charge in [-0.05, 0) is 19.1 Å². The van der Waals surface area contributed by atoms with Gasteiger partial charge in [-0.2, -0.15) is 16.9 Å². The SMILES string of the molecule is C=CCn1ncc(NCC2(SC)CCCC2)c(Cl)c1=O. The topological polar surface area (TPSA) is 46.9 Å². The fourth-order valence-corrected chi connectivity index (χ4v) is 3.70. The number of halogens is 1. The van der Waals surface area contributed by atoms with Crippen LogP contribution in [0.15, 0.2) is 23.6 Å². The Hall–Kier alpha value is -0.940. The van der Waals surface area contributed by atoms with Gasteiger partial charge in [0.05, 0.1) is 18.4 Å². The molecule has 6 heteroatoms. The standard InChI is InChI=1S/C14H20ClN3OS/c1-3-8-18-13(19)12(15)11(9-17-18)16-10-14(20-2)6-4-5-7-14/h3,9,16H,1,4-8,10H2,2H3. The molecule has 0 atom stereocenters. The molecule has 0 unspecified atom stereocenters. The zero-order valence-electron chi connectivity index (χ0n) is 11.7. The Morgan fingerprint density at radius 1 is 1.60 bits per heavy atom. The molecule has 1 aromatic heterocycles. The summed E-state index contributed by atoms with van der Waals surface area (Å²) in [6.07, 6.45) is 10.4. The molecule has 0 aromatic carbocycles. The molecule has 110 valence electrons. The van der Waals surface area contributed by atoms with Crippen molar-refractivity contribution in [1.82, 2.24) is 9.78 Å². The van der Waals surface area contributed by atoms with Gasteiger partial charge in [-0.3, -0.25) is 4.79 Å². The monoisotopic (exact) mass is 313 g/mol. The number of thioether (sulfide) groups is 1. The molecule has 1 saturated carbocycles. The molecular weight excluding hydrogens is 294 g/mol. The first kappa shape index (κ1) is 15.4. The lowest BCUT2D eigenvalue weighted by Crippen LogP contribution is -2.31. The van der Waals surface area contributed by atoms with E-state index in [9.17, 15) is 4.79 Å². The summed E-state index contributed by atoms with van der Waals surface area (Å²) in [4.78, 5) is 12.0. The summed E-state index contributed by atoms with van der Waals surface area (Å²) in [6, 6.07) is 0. The number of rotatable bonds is 6. The lowest BCUT2D eigenvalue weighted by Gasteiger charge is -2.27. The number of hydrogen-bond donors (Lipinski definition) is 1. The summed E-state index contributed by atoms with van der Waals surface area (Å²) in [5, 5.41) is 7.61. The zero-order valence-corrected chi connectivity index (χ0v) is 13.3. The van der Waals surface area contributed by atoms with Gasteiger partial charge in [-0.1, -0.05) is 30.5 Å². The second-order valence-electron chi connectivity index (χ2n) is 5.10. The van der Waals surface area contributed by atoms with E-state index in [0.717, 1.165) is 6.54 Å². The summed E-state index contributed by atoms with van der Waals surface area (Å²) in [5.41, 5.74) is 0.346. The lowest BCUT2D eigenvalue weighted by atomic mass is 10.1. The van der Waals surface area contributed by atoms with Gasteiger partial charge in [0.25, 0.3) is 5.56 Å². The summed E-state index contributed by atoms with van der Waals surface area (Å²) < 4.78 is 1.57. The molecular formula is C14H20ClN3OS. The summed E-state index contributed by atoms with van der Waals surface area (Å²) in [7, 11) is 0. The van der Waals surface area contributed by atoms with Crippen LogP contribution in [0.4, 0.5) is 5.69 Å². The molecule has 1 aromatic rings. The van der Waals surface area contributed by atoms with E-state index in [1.807, 2.05) is 11.8 Å². The van der Waals surface area contributed by atoms with Crippen LogP contribution < -0.4 is 10.9 Å². The minimum Gasteiger partial charge on any atom is -0.381 e. The predicted octanol–water partition coefficient (Wildman–Crippen LogP) is 3.17. The van der Waals surface area contributed by atoms with E-state index in [4.69, 9.17) is 11.6 Å². The highest BCUT2D eigenvalue weighted by Crippen LogP contribution is 2.40. The van der Waals surface area contributed by atoms with Crippen LogP contribution >= 0.6 is 23.4 Å².